The maximum atomic E-state index is 12.2. The molecule has 228 valence electrons. The summed E-state index contributed by atoms with van der Waals surface area (Å²) in [5, 5.41) is 0. The first-order valence-electron chi connectivity index (χ1n) is 14.5. The van der Waals surface area contributed by atoms with Gasteiger partial charge in [-0.25, -0.2) is 0 Å². The van der Waals surface area contributed by atoms with Crippen molar-refractivity contribution in [1.29, 1.82) is 0 Å². The Hall–Kier alpha value is -3.82. The fourth-order valence-corrected chi connectivity index (χ4v) is 5.09. The zero-order valence-electron chi connectivity index (χ0n) is 24.7. The third-order valence-electron chi connectivity index (χ3n) is 7.06. The molecule has 3 aromatic rings. The second-order valence-corrected chi connectivity index (χ2v) is 10.4. The fourth-order valence-electron chi connectivity index (χ4n) is 5.09. The minimum absolute atomic E-state index is 0.202. The van der Waals surface area contributed by atoms with Crippen molar-refractivity contribution in [1.82, 2.24) is 0 Å². The van der Waals surface area contributed by atoms with Crippen LogP contribution in [0.3, 0.4) is 0 Å². The Balaban J connectivity index is 1.71. The lowest BCUT2D eigenvalue weighted by Crippen LogP contribution is -2.63. The summed E-state index contributed by atoms with van der Waals surface area (Å²) in [6.07, 6.45) is -2.08. The Morgan fingerprint density at radius 3 is 1.63 bits per heavy atom. The number of esters is 2. The molecule has 0 aromatic heterocycles. The molecule has 1 fully saturated rings. The van der Waals surface area contributed by atoms with Crippen LogP contribution in [0.15, 0.2) is 104 Å². The molecule has 1 heterocycles. The largest absolute Gasteiger partial charge is 0.462 e. The van der Waals surface area contributed by atoms with Crippen LogP contribution in [0, 0.1) is 0 Å². The minimum Gasteiger partial charge on any atom is -0.462 e. The van der Waals surface area contributed by atoms with Gasteiger partial charge in [0.1, 0.15) is 31.0 Å². The molecule has 1 aliphatic rings. The monoisotopic (exact) mass is 588 g/mol. The molecule has 0 spiro atoms. The summed E-state index contributed by atoms with van der Waals surface area (Å²) in [7, 11) is 0. The van der Waals surface area contributed by atoms with Crippen molar-refractivity contribution >= 4 is 11.9 Å². The van der Waals surface area contributed by atoms with E-state index in [4.69, 9.17) is 28.4 Å². The lowest BCUT2D eigenvalue weighted by atomic mass is 9.90. The molecule has 43 heavy (non-hydrogen) atoms. The molecule has 3 aromatic carbocycles. The van der Waals surface area contributed by atoms with Gasteiger partial charge in [0.25, 0.3) is 0 Å². The second kappa shape index (κ2) is 16.7. The predicted octanol–water partition coefficient (Wildman–Crippen LogP) is 5.58. The van der Waals surface area contributed by atoms with Crippen LogP contribution < -0.4 is 0 Å². The first kappa shape index (κ1) is 32.1. The van der Waals surface area contributed by atoms with Crippen LogP contribution >= 0.6 is 0 Å². The molecule has 1 unspecified atom stereocenters. The van der Waals surface area contributed by atoms with Gasteiger partial charge in [0, 0.05) is 13.8 Å². The normalized spacial score (nSPS) is 22.3. The molecular formula is C35H40O8. The van der Waals surface area contributed by atoms with E-state index in [1.54, 1.807) is 6.08 Å². The van der Waals surface area contributed by atoms with E-state index >= 15 is 0 Å². The van der Waals surface area contributed by atoms with E-state index in [0.29, 0.717) is 13.0 Å². The number of hydrogen-bond donors (Lipinski definition) is 0. The molecule has 0 radical (unpaired) electrons. The van der Waals surface area contributed by atoms with E-state index < -0.39 is 48.6 Å². The molecule has 8 nitrogen and oxygen atoms in total. The Kier molecular flexibility index (Phi) is 12.5. The minimum atomic E-state index is -0.951. The Bertz CT molecular complexity index is 1270. The van der Waals surface area contributed by atoms with Gasteiger partial charge in [0.05, 0.1) is 25.9 Å². The molecule has 8 heteroatoms. The Morgan fingerprint density at radius 1 is 0.721 bits per heavy atom. The van der Waals surface area contributed by atoms with E-state index in [9.17, 15) is 9.59 Å². The molecule has 1 aliphatic heterocycles. The van der Waals surface area contributed by atoms with E-state index in [1.165, 1.54) is 13.8 Å². The first-order valence-corrected chi connectivity index (χ1v) is 14.5. The molecule has 0 aliphatic carbocycles. The second-order valence-electron chi connectivity index (χ2n) is 10.4. The van der Waals surface area contributed by atoms with Crippen molar-refractivity contribution < 1.29 is 38.0 Å². The lowest BCUT2D eigenvalue weighted by molar-refractivity contribution is -0.283. The first-order chi connectivity index (χ1) is 20.9. The van der Waals surface area contributed by atoms with E-state index in [1.807, 2.05) is 91.0 Å². The SMILES string of the molecule is C=CCC1O[C@H]([C@@H](COC(C)=O)OC(C)=O)[C@@H](OCc2ccccc2)[C@H](OCc2ccccc2)[C@@H]1OCc1ccccc1. The third kappa shape index (κ3) is 9.86. The number of benzene rings is 3. The highest BCUT2D eigenvalue weighted by Crippen LogP contribution is 2.34. The lowest BCUT2D eigenvalue weighted by Gasteiger charge is -2.47. The van der Waals surface area contributed by atoms with E-state index in [-0.39, 0.29) is 19.8 Å². The topological polar surface area (TPSA) is 89.5 Å². The van der Waals surface area contributed by atoms with Crippen LogP contribution in [0.2, 0.25) is 0 Å². The summed E-state index contributed by atoms with van der Waals surface area (Å²) < 4.78 is 37.4. The summed E-state index contributed by atoms with van der Waals surface area (Å²) in [5.74, 6) is -1.04. The van der Waals surface area contributed by atoms with Crippen molar-refractivity contribution in [2.24, 2.45) is 0 Å². The number of carbonyl (C=O) groups is 2. The maximum absolute atomic E-state index is 12.2. The molecule has 1 saturated heterocycles. The molecular weight excluding hydrogens is 548 g/mol. The van der Waals surface area contributed by atoms with E-state index in [2.05, 4.69) is 6.58 Å². The van der Waals surface area contributed by atoms with Crippen LogP contribution in [-0.2, 0) is 57.8 Å². The van der Waals surface area contributed by atoms with Crippen molar-refractivity contribution in [2.45, 2.75) is 76.7 Å². The summed E-state index contributed by atoms with van der Waals surface area (Å²) in [5.41, 5.74) is 2.92. The van der Waals surface area contributed by atoms with Crippen LogP contribution in [0.1, 0.15) is 37.0 Å². The highest BCUT2D eigenvalue weighted by atomic mass is 16.6. The molecule has 4 rings (SSSR count). The highest BCUT2D eigenvalue weighted by Gasteiger charge is 2.51. The van der Waals surface area contributed by atoms with Gasteiger partial charge in [-0.15, -0.1) is 6.58 Å². The zero-order valence-corrected chi connectivity index (χ0v) is 24.7. The van der Waals surface area contributed by atoms with Crippen LogP contribution in [-0.4, -0.2) is 55.2 Å². The van der Waals surface area contributed by atoms with Crippen LogP contribution in [0.25, 0.3) is 0 Å². The molecule has 6 atom stereocenters. The van der Waals surface area contributed by atoms with Crippen molar-refractivity contribution in [3.05, 3.63) is 120 Å². The van der Waals surface area contributed by atoms with Crippen molar-refractivity contribution in [3.8, 4) is 0 Å². The molecule has 0 N–H and O–H groups in total. The average molecular weight is 589 g/mol. The standard InChI is InChI=1S/C35H40O8/c1-4-14-30-32(39-21-27-15-8-5-9-16-27)34(40-22-28-17-10-6-11-18-28)35(41-23-29-19-12-7-13-20-29)33(43-30)31(42-26(3)37)24-38-25(2)36/h4-13,15-20,30-35H,1,14,21-24H2,2-3H3/t30?,31-,32-,33-,34-,35-/m1/s1. The van der Waals surface area contributed by atoms with Gasteiger partial charge in [-0.2, -0.15) is 0 Å². The predicted molar refractivity (Wildman–Crippen MR) is 161 cm³/mol. The van der Waals surface area contributed by atoms with Gasteiger partial charge < -0.3 is 28.4 Å². The smallest absolute Gasteiger partial charge is 0.303 e. The summed E-state index contributed by atoms with van der Waals surface area (Å²) in [6.45, 7) is 7.20. The average Bonchev–Trinajstić information content (AvgIpc) is 3.02. The van der Waals surface area contributed by atoms with E-state index in [0.717, 1.165) is 16.7 Å². The van der Waals surface area contributed by atoms with Gasteiger partial charge in [-0.05, 0) is 23.1 Å². The summed E-state index contributed by atoms with van der Waals surface area (Å²) in [4.78, 5) is 24.0. The van der Waals surface area contributed by atoms with Gasteiger partial charge in [0.2, 0.25) is 0 Å². The quantitative estimate of drug-likeness (QED) is 0.168. The summed E-state index contributed by atoms with van der Waals surface area (Å²) in [6, 6.07) is 29.4. The van der Waals surface area contributed by atoms with Crippen LogP contribution in [0.5, 0.6) is 0 Å². The van der Waals surface area contributed by atoms with Crippen LogP contribution in [0.4, 0.5) is 0 Å². The van der Waals surface area contributed by atoms with Gasteiger partial charge in [-0.1, -0.05) is 97.1 Å². The Labute approximate surface area is 253 Å². The molecule has 0 bridgehead atoms. The summed E-state index contributed by atoms with van der Waals surface area (Å²) >= 11 is 0. The molecule has 0 amide bonds. The van der Waals surface area contributed by atoms with Crippen molar-refractivity contribution in [2.75, 3.05) is 6.61 Å². The van der Waals surface area contributed by atoms with Gasteiger partial charge in [-0.3, -0.25) is 9.59 Å². The zero-order chi connectivity index (χ0) is 30.4. The van der Waals surface area contributed by atoms with Gasteiger partial charge >= 0.3 is 11.9 Å². The number of ether oxygens (including phenoxy) is 6. The maximum Gasteiger partial charge on any atom is 0.303 e. The third-order valence-corrected chi connectivity index (χ3v) is 7.06. The fraction of sp³-hybridized carbons (Fsp3) is 0.371. The highest BCUT2D eigenvalue weighted by molar-refractivity contribution is 5.67. The Morgan fingerprint density at radius 2 is 1.19 bits per heavy atom. The number of hydrogen-bond acceptors (Lipinski definition) is 8. The van der Waals surface area contributed by atoms with Crippen molar-refractivity contribution in [3.63, 3.8) is 0 Å². The molecule has 0 saturated carbocycles. The van der Waals surface area contributed by atoms with Gasteiger partial charge in [0.15, 0.2) is 6.10 Å². The number of carbonyl (C=O) groups excluding carboxylic acids is 2. The number of rotatable bonds is 15.